The van der Waals surface area contributed by atoms with Crippen molar-refractivity contribution >= 4 is 11.9 Å². The van der Waals surface area contributed by atoms with Crippen LogP contribution in [0.25, 0.3) is 0 Å². The van der Waals surface area contributed by atoms with Gasteiger partial charge in [-0.1, -0.05) is 0 Å². The highest BCUT2D eigenvalue weighted by molar-refractivity contribution is 5.73. The Kier molecular flexibility index (Phi) is 2.89. The van der Waals surface area contributed by atoms with Crippen molar-refractivity contribution in [2.45, 2.75) is 12.8 Å². The van der Waals surface area contributed by atoms with E-state index in [1.165, 1.54) is 0 Å². The van der Waals surface area contributed by atoms with Crippen molar-refractivity contribution in [3.05, 3.63) is 6.42 Å². The summed E-state index contributed by atoms with van der Waals surface area (Å²) < 4.78 is 9.35. The second-order valence-electron chi connectivity index (χ2n) is 2.15. The molecule has 1 aliphatic heterocycles. The fourth-order valence-corrected chi connectivity index (χ4v) is 0.708. The average molecular weight is 157 g/mol. The zero-order valence-electron chi connectivity index (χ0n) is 6.04. The van der Waals surface area contributed by atoms with Crippen molar-refractivity contribution < 1.29 is 19.1 Å². The summed E-state index contributed by atoms with van der Waals surface area (Å²) in [5, 5.41) is 0. The van der Waals surface area contributed by atoms with Gasteiger partial charge >= 0.3 is 11.9 Å². The van der Waals surface area contributed by atoms with E-state index in [1.54, 1.807) is 6.42 Å². The summed E-state index contributed by atoms with van der Waals surface area (Å²) in [5.74, 6) is -0.626. The number of carbonyl (C=O) groups excluding carboxylic acids is 2. The topological polar surface area (TPSA) is 52.6 Å². The van der Waals surface area contributed by atoms with Crippen LogP contribution in [-0.2, 0) is 19.1 Å². The Hall–Kier alpha value is -1.06. The SMILES string of the molecule is O=C1C[CH]COC(=O)CCO1. The van der Waals surface area contributed by atoms with Gasteiger partial charge in [-0.2, -0.15) is 0 Å². The lowest BCUT2D eigenvalue weighted by Crippen LogP contribution is -2.07. The zero-order chi connectivity index (χ0) is 8.10. The third-order valence-corrected chi connectivity index (χ3v) is 1.24. The number of esters is 2. The van der Waals surface area contributed by atoms with Gasteiger partial charge in [0.1, 0.15) is 6.61 Å². The largest absolute Gasteiger partial charge is 0.465 e. The van der Waals surface area contributed by atoms with Gasteiger partial charge in [0.15, 0.2) is 0 Å². The molecule has 1 radical (unpaired) electrons. The van der Waals surface area contributed by atoms with Crippen LogP contribution in [0.1, 0.15) is 12.8 Å². The highest BCUT2D eigenvalue weighted by atomic mass is 16.5. The smallest absolute Gasteiger partial charge is 0.309 e. The minimum absolute atomic E-state index is 0.130. The van der Waals surface area contributed by atoms with Gasteiger partial charge in [-0.3, -0.25) is 9.59 Å². The van der Waals surface area contributed by atoms with E-state index in [1.807, 2.05) is 0 Å². The molecule has 0 saturated carbocycles. The molecule has 0 aliphatic carbocycles. The summed E-state index contributed by atoms with van der Waals surface area (Å²) in [6.07, 6.45) is 1.94. The van der Waals surface area contributed by atoms with E-state index in [9.17, 15) is 9.59 Å². The predicted molar refractivity (Wildman–Crippen MR) is 35.5 cm³/mol. The first kappa shape index (κ1) is 8.04. The van der Waals surface area contributed by atoms with Crippen LogP contribution in [0, 0.1) is 6.42 Å². The van der Waals surface area contributed by atoms with Crippen LogP contribution in [0.5, 0.6) is 0 Å². The third kappa shape index (κ3) is 3.02. The molecular weight excluding hydrogens is 148 g/mol. The van der Waals surface area contributed by atoms with Crippen LogP contribution in [0.15, 0.2) is 0 Å². The zero-order valence-corrected chi connectivity index (χ0v) is 6.04. The maximum absolute atomic E-state index is 10.7. The Morgan fingerprint density at radius 1 is 1.18 bits per heavy atom. The molecule has 11 heavy (non-hydrogen) atoms. The van der Waals surface area contributed by atoms with E-state index in [0.717, 1.165) is 0 Å². The normalized spacial score (nSPS) is 20.7. The predicted octanol–water partition coefficient (Wildman–Crippen LogP) is 0.0709. The van der Waals surface area contributed by atoms with Gasteiger partial charge in [0.25, 0.3) is 0 Å². The minimum Gasteiger partial charge on any atom is -0.465 e. The fraction of sp³-hybridized carbons (Fsp3) is 0.571. The summed E-state index contributed by atoms with van der Waals surface area (Å²) in [6, 6.07) is 0. The van der Waals surface area contributed by atoms with E-state index < -0.39 is 0 Å². The van der Waals surface area contributed by atoms with Crippen molar-refractivity contribution in [3.63, 3.8) is 0 Å². The highest BCUT2D eigenvalue weighted by Crippen LogP contribution is 1.99. The average Bonchev–Trinajstić information content (AvgIpc) is 2.04. The number of ether oxygens (including phenoxy) is 2. The molecule has 0 N–H and O–H groups in total. The lowest BCUT2D eigenvalue weighted by molar-refractivity contribution is -0.146. The number of cyclic esters (lactones) is 2. The van der Waals surface area contributed by atoms with Crippen molar-refractivity contribution in [2.24, 2.45) is 0 Å². The molecule has 4 heteroatoms. The van der Waals surface area contributed by atoms with Crippen LogP contribution >= 0.6 is 0 Å². The van der Waals surface area contributed by atoms with Crippen LogP contribution in [0.2, 0.25) is 0 Å². The first-order valence-electron chi connectivity index (χ1n) is 3.42. The maximum atomic E-state index is 10.7. The van der Waals surface area contributed by atoms with Gasteiger partial charge in [-0.25, -0.2) is 0 Å². The number of carbonyl (C=O) groups is 2. The monoisotopic (exact) mass is 157 g/mol. The van der Waals surface area contributed by atoms with Crippen LogP contribution in [-0.4, -0.2) is 25.2 Å². The first-order valence-corrected chi connectivity index (χ1v) is 3.42. The molecule has 0 aromatic rings. The molecule has 0 aromatic heterocycles. The maximum Gasteiger partial charge on any atom is 0.309 e. The third-order valence-electron chi connectivity index (χ3n) is 1.24. The molecule has 1 saturated heterocycles. The lowest BCUT2D eigenvalue weighted by Gasteiger charge is -1.98. The van der Waals surface area contributed by atoms with Gasteiger partial charge in [-0.15, -0.1) is 0 Å². The molecule has 1 rings (SSSR count). The summed E-state index contributed by atoms with van der Waals surface area (Å²) in [4.78, 5) is 21.3. The quantitative estimate of drug-likeness (QED) is 0.467. The van der Waals surface area contributed by atoms with Gasteiger partial charge in [-0.05, 0) is 0 Å². The van der Waals surface area contributed by atoms with Crippen molar-refractivity contribution in [3.8, 4) is 0 Å². The standard InChI is InChI=1S/C7H9O4/c8-6-2-1-4-10-7(9)3-5-11-6/h1H,2-5H2. The molecule has 1 fully saturated rings. The summed E-state index contributed by atoms with van der Waals surface area (Å²) >= 11 is 0. The van der Waals surface area contributed by atoms with E-state index in [4.69, 9.17) is 0 Å². The molecule has 0 atom stereocenters. The Labute approximate surface area is 64.5 Å². The highest BCUT2D eigenvalue weighted by Gasteiger charge is 2.10. The Morgan fingerprint density at radius 2 is 2.00 bits per heavy atom. The van der Waals surface area contributed by atoms with Gasteiger partial charge in [0.2, 0.25) is 0 Å². The molecule has 1 heterocycles. The van der Waals surface area contributed by atoms with Gasteiger partial charge < -0.3 is 9.47 Å². The van der Waals surface area contributed by atoms with Crippen LogP contribution < -0.4 is 0 Å². The van der Waals surface area contributed by atoms with E-state index >= 15 is 0 Å². The van der Waals surface area contributed by atoms with Crippen LogP contribution in [0.3, 0.4) is 0 Å². The van der Waals surface area contributed by atoms with Gasteiger partial charge in [0.05, 0.1) is 19.4 Å². The Balaban J connectivity index is 2.35. The molecule has 0 unspecified atom stereocenters. The number of hydrogen-bond acceptors (Lipinski definition) is 4. The number of hydrogen-bond donors (Lipinski definition) is 0. The van der Waals surface area contributed by atoms with Crippen molar-refractivity contribution in [1.82, 2.24) is 0 Å². The van der Waals surface area contributed by atoms with E-state index in [0.29, 0.717) is 0 Å². The molecule has 4 nitrogen and oxygen atoms in total. The van der Waals surface area contributed by atoms with Crippen molar-refractivity contribution in [1.29, 1.82) is 0 Å². The molecule has 0 bridgehead atoms. The summed E-state index contributed by atoms with van der Waals surface area (Å²) in [5.41, 5.74) is 0. The second kappa shape index (κ2) is 3.95. The minimum atomic E-state index is -0.323. The summed E-state index contributed by atoms with van der Waals surface area (Å²) in [7, 11) is 0. The second-order valence-corrected chi connectivity index (χ2v) is 2.15. The van der Waals surface area contributed by atoms with Gasteiger partial charge in [0, 0.05) is 6.42 Å². The first-order chi connectivity index (χ1) is 5.29. The molecule has 0 aromatic carbocycles. The number of rotatable bonds is 0. The van der Waals surface area contributed by atoms with E-state index in [-0.39, 0.29) is 38.0 Å². The Bertz CT molecular complexity index is 146. The summed E-state index contributed by atoms with van der Waals surface area (Å²) in [6.45, 7) is 0.333. The molecule has 0 spiro atoms. The lowest BCUT2D eigenvalue weighted by atomic mass is 10.3. The Morgan fingerprint density at radius 3 is 2.82 bits per heavy atom. The van der Waals surface area contributed by atoms with Crippen LogP contribution in [0.4, 0.5) is 0 Å². The molecule has 0 amide bonds. The van der Waals surface area contributed by atoms with Crippen molar-refractivity contribution in [2.75, 3.05) is 13.2 Å². The molecular formula is C7H9O4. The van der Waals surface area contributed by atoms with E-state index in [2.05, 4.69) is 9.47 Å². The molecule has 1 aliphatic rings. The fourth-order valence-electron chi connectivity index (χ4n) is 0.708. The molecule has 61 valence electrons.